The fourth-order valence-corrected chi connectivity index (χ4v) is 3.00. The van der Waals surface area contributed by atoms with Crippen LogP contribution in [0.25, 0.3) is 0 Å². The van der Waals surface area contributed by atoms with Crippen molar-refractivity contribution in [2.45, 2.75) is 19.5 Å². The van der Waals surface area contributed by atoms with Crippen LogP contribution in [-0.4, -0.2) is 38.3 Å². The summed E-state index contributed by atoms with van der Waals surface area (Å²) in [4.78, 5) is 29.2. The molecule has 3 heterocycles. The quantitative estimate of drug-likeness (QED) is 0.658. The molecule has 0 fully saturated rings. The molecular weight excluding hydrogens is 352 g/mol. The largest absolute Gasteiger partial charge is 0.349 e. The van der Waals surface area contributed by atoms with E-state index < -0.39 is 0 Å². The summed E-state index contributed by atoms with van der Waals surface area (Å²) in [6, 6.07) is 8.96. The third-order valence-electron chi connectivity index (χ3n) is 3.61. The van der Waals surface area contributed by atoms with Crippen LogP contribution in [-0.2, 0) is 6.54 Å². The van der Waals surface area contributed by atoms with Crippen molar-refractivity contribution < 1.29 is 9.59 Å². The molecule has 3 aromatic heterocycles. The molecule has 0 aliphatic carbocycles. The lowest BCUT2D eigenvalue weighted by atomic mass is 10.2. The van der Waals surface area contributed by atoms with E-state index in [2.05, 4.69) is 25.9 Å². The van der Waals surface area contributed by atoms with Gasteiger partial charge in [0.15, 0.2) is 5.69 Å². The molecule has 2 N–H and O–H groups in total. The molecule has 0 spiro atoms. The van der Waals surface area contributed by atoms with Crippen molar-refractivity contribution in [3.8, 4) is 0 Å². The van der Waals surface area contributed by atoms with Crippen LogP contribution in [0.5, 0.6) is 0 Å². The Bertz CT molecular complexity index is 863. The third kappa shape index (κ3) is 4.51. The second-order valence-corrected chi connectivity index (χ2v) is 6.53. The second-order valence-electron chi connectivity index (χ2n) is 5.55. The number of nitrogens with zero attached hydrogens (tertiary/aromatic N) is 4. The molecule has 134 valence electrons. The van der Waals surface area contributed by atoms with Crippen molar-refractivity contribution in [2.24, 2.45) is 0 Å². The van der Waals surface area contributed by atoms with Crippen molar-refractivity contribution in [1.29, 1.82) is 0 Å². The Morgan fingerprint density at radius 3 is 2.81 bits per heavy atom. The van der Waals surface area contributed by atoms with Gasteiger partial charge in [0.25, 0.3) is 11.8 Å². The third-order valence-corrected chi connectivity index (χ3v) is 4.67. The minimum absolute atomic E-state index is 0.0923. The van der Waals surface area contributed by atoms with E-state index in [1.165, 1.54) is 4.68 Å². The Kier molecular flexibility index (Phi) is 5.69. The average Bonchev–Trinajstić information content (AvgIpc) is 3.34. The zero-order chi connectivity index (χ0) is 18.4. The maximum Gasteiger partial charge on any atom is 0.273 e. The number of carbonyl (C=O) groups is 2. The molecular formula is C17H18N6O2S. The average molecular weight is 370 g/mol. The van der Waals surface area contributed by atoms with Gasteiger partial charge >= 0.3 is 0 Å². The molecule has 1 atom stereocenters. The van der Waals surface area contributed by atoms with Gasteiger partial charge in [-0.25, -0.2) is 4.68 Å². The molecule has 0 aromatic carbocycles. The van der Waals surface area contributed by atoms with Crippen molar-refractivity contribution >= 4 is 23.2 Å². The van der Waals surface area contributed by atoms with Gasteiger partial charge in [-0.2, -0.15) is 0 Å². The Hall–Kier alpha value is -3.07. The molecule has 1 unspecified atom stereocenters. The van der Waals surface area contributed by atoms with Crippen LogP contribution in [0.4, 0.5) is 0 Å². The van der Waals surface area contributed by atoms with E-state index in [0.29, 0.717) is 18.8 Å². The molecule has 8 nitrogen and oxygen atoms in total. The van der Waals surface area contributed by atoms with Crippen molar-refractivity contribution in [2.75, 3.05) is 6.54 Å². The number of rotatable bonds is 7. The molecule has 3 aromatic rings. The number of carbonyl (C=O) groups excluding carboxylic acids is 2. The predicted molar refractivity (Wildman–Crippen MR) is 96.8 cm³/mol. The lowest BCUT2D eigenvalue weighted by molar-refractivity contribution is 0.0930. The molecule has 26 heavy (non-hydrogen) atoms. The highest BCUT2D eigenvalue weighted by Crippen LogP contribution is 2.18. The van der Waals surface area contributed by atoms with Crippen LogP contribution in [0.1, 0.15) is 38.8 Å². The number of hydrogen-bond acceptors (Lipinski definition) is 6. The standard InChI is InChI=1S/C17H18N6O2S/c1-12(15-6-4-10-26-15)20-17(25)14-11-23(22-21-14)9-8-19-16(24)13-5-2-3-7-18-13/h2-7,10-12H,8-9H2,1H3,(H,19,24)(H,20,25). The molecule has 3 rings (SSSR count). The smallest absolute Gasteiger partial charge is 0.273 e. The predicted octanol–water partition coefficient (Wildman–Crippen LogP) is 1.66. The summed E-state index contributed by atoms with van der Waals surface area (Å²) in [7, 11) is 0. The summed E-state index contributed by atoms with van der Waals surface area (Å²) in [5, 5.41) is 15.4. The molecule has 0 saturated heterocycles. The first-order chi connectivity index (χ1) is 12.6. The SMILES string of the molecule is CC(NC(=O)c1cn(CCNC(=O)c2ccccn2)nn1)c1cccs1. The van der Waals surface area contributed by atoms with Gasteiger partial charge in [0.05, 0.1) is 18.8 Å². The minimum Gasteiger partial charge on any atom is -0.349 e. The van der Waals surface area contributed by atoms with E-state index in [-0.39, 0.29) is 23.6 Å². The van der Waals surface area contributed by atoms with E-state index >= 15 is 0 Å². The van der Waals surface area contributed by atoms with Gasteiger partial charge in [0, 0.05) is 17.6 Å². The summed E-state index contributed by atoms with van der Waals surface area (Å²) in [5.41, 5.74) is 0.596. The first-order valence-electron chi connectivity index (χ1n) is 8.07. The van der Waals surface area contributed by atoms with E-state index in [1.807, 2.05) is 24.4 Å². The Labute approximate surface area is 154 Å². The van der Waals surface area contributed by atoms with Crippen LogP contribution >= 0.6 is 11.3 Å². The number of hydrogen-bond donors (Lipinski definition) is 2. The summed E-state index contributed by atoms with van der Waals surface area (Å²) < 4.78 is 1.52. The summed E-state index contributed by atoms with van der Waals surface area (Å²) >= 11 is 1.58. The van der Waals surface area contributed by atoms with Crippen LogP contribution in [0.3, 0.4) is 0 Å². The molecule has 0 aliphatic heterocycles. The fourth-order valence-electron chi connectivity index (χ4n) is 2.26. The normalized spacial score (nSPS) is 11.7. The van der Waals surface area contributed by atoms with E-state index in [0.717, 1.165) is 4.88 Å². The maximum absolute atomic E-state index is 12.2. The monoisotopic (exact) mass is 370 g/mol. The lowest BCUT2D eigenvalue weighted by Crippen LogP contribution is -2.28. The fraction of sp³-hybridized carbons (Fsp3) is 0.235. The number of thiophene rings is 1. The topological polar surface area (TPSA) is 102 Å². The Morgan fingerprint density at radius 1 is 1.19 bits per heavy atom. The molecule has 2 amide bonds. The van der Waals surface area contributed by atoms with Crippen molar-refractivity contribution in [3.05, 3.63) is 64.4 Å². The van der Waals surface area contributed by atoms with E-state index in [9.17, 15) is 9.59 Å². The molecule has 0 radical (unpaired) electrons. The number of pyridine rings is 1. The van der Waals surface area contributed by atoms with Gasteiger partial charge in [0.1, 0.15) is 5.69 Å². The maximum atomic E-state index is 12.2. The Morgan fingerprint density at radius 2 is 2.08 bits per heavy atom. The van der Waals surface area contributed by atoms with Gasteiger partial charge in [-0.3, -0.25) is 14.6 Å². The van der Waals surface area contributed by atoms with Crippen LogP contribution in [0.2, 0.25) is 0 Å². The van der Waals surface area contributed by atoms with Crippen LogP contribution < -0.4 is 10.6 Å². The van der Waals surface area contributed by atoms with Crippen LogP contribution in [0.15, 0.2) is 48.1 Å². The van der Waals surface area contributed by atoms with Gasteiger partial charge < -0.3 is 10.6 Å². The van der Waals surface area contributed by atoms with Gasteiger partial charge in [0.2, 0.25) is 0 Å². The number of nitrogens with one attached hydrogen (secondary N) is 2. The molecule has 0 aliphatic rings. The van der Waals surface area contributed by atoms with Crippen molar-refractivity contribution in [3.63, 3.8) is 0 Å². The Balaban J connectivity index is 1.48. The zero-order valence-corrected chi connectivity index (χ0v) is 14.9. The molecule has 9 heteroatoms. The zero-order valence-electron chi connectivity index (χ0n) is 14.1. The summed E-state index contributed by atoms with van der Waals surface area (Å²) in [5.74, 6) is -0.539. The highest BCUT2D eigenvalue weighted by molar-refractivity contribution is 7.10. The highest BCUT2D eigenvalue weighted by atomic mass is 32.1. The first kappa shape index (κ1) is 17.7. The van der Waals surface area contributed by atoms with Gasteiger partial charge in [-0.05, 0) is 30.5 Å². The van der Waals surface area contributed by atoms with Crippen molar-refractivity contribution in [1.82, 2.24) is 30.6 Å². The van der Waals surface area contributed by atoms with Gasteiger partial charge in [-0.1, -0.05) is 17.3 Å². The summed E-state index contributed by atoms with van der Waals surface area (Å²) in [6.07, 6.45) is 3.12. The second kappa shape index (κ2) is 8.34. The van der Waals surface area contributed by atoms with E-state index in [4.69, 9.17) is 0 Å². The van der Waals surface area contributed by atoms with E-state index in [1.54, 1.807) is 41.9 Å². The highest BCUT2D eigenvalue weighted by Gasteiger charge is 2.15. The minimum atomic E-state index is -0.283. The first-order valence-corrected chi connectivity index (χ1v) is 8.95. The number of aromatic nitrogens is 4. The van der Waals surface area contributed by atoms with Gasteiger partial charge in [-0.15, -0.1) is 16.4 Å². The molecule has 0 bridgehead atoms. The summed E-state index contributed by atoms with van der Waals surface area (Å²) in [6.45, 7) is 2.67. The molecule has 0 saturated carbocycles. The lowest BCUT2D eigenvalue weighted by Gasteiger charge is -2.10. The number of amides is 2. The van der Waals surface area contributed by atoms with Crippen LogP contribution in [0, 0.1) is 0 Å².